The molecule has 0 aliphatic heterocycles. The maximum absolute atomic E-state index is 12.3. The number of fused-ring (bicyclic) bond motifs is 1. The van der Waals surface area contributed by atoms with E-state index in [1.54, 1.807) is 43.6 Å². The third-order valence-corrected chi connectivity index (χ3v) is 4.30. The lowest BCUT2D eigenvalue weighted by Gasteiger charge is -2.15. The Kier molecular flexibility index (Phi) is 5.84. The molecule has 0 atom stereocenters. The Morgan fingerprint density at radius 2 is 1.89 bits per heavy atom. The first-order valence-electron chi connectivity index (χ1n) is 8.36. The van der Waals surface area contributed by atoms with Crippen molar-refractivity contribution in [2.45, 2.75) is 0 Å². The first-order chi connectivity index (χ1) is 13.0. The van der Waals surface area contributed by atoms with Crippen LogP contribution in [-0.2, 0) is 9.59 Å². The third kappa shape index (κ3) is 4.71. The minimum absolute atomic E-state index is 0.0812. The Hall–Kier alpha value is -3.18. The molecule has 0 fully saturated rings. The van der Waals surface area contributed by atoms with E-state index in [2.05, 4.69) is 10.3 Å². The van der Waals surface area contributed by atoms with Crippen LogP contribution in [0.4, 0.5) is 5.69 Å². The fourth-order valence-electron chi connectivity index (χ4n) is 2.60. The third-order valence-electron chi connectivity index (χ3n) is 3.97. The van der Waals surface area contributed by atoms with E-state index in [1.165, 1.54) is 11.0 Å². The van der Waals surface area contributed by atoms with Crippen molar-refractivity contribution in [2.75, 3.05) is 18.9 Å². The van der Waals surface area contributed by atoms with Crippen LogP contribution in [0.3, 0.4) is 0 Å². The van der Waals surface area contributed by atoms with Gasteiger partial charge in [0.1, 0.15) is 0 Å². The number of halogens is 1. The zero-order valence-corrected chi connectivity index (χ0v) is 15.5. The molecule has 2 amide bonds. The molecule has 0 unspecified atom stereocenters. The summed E-state index contributed by atoms with van der Waals surface area (Å²) in [5.41, 5.74) is 2.18. The molecule has 1 heterocycles. The molecule has 6 heteroatoms. The number of likely N-dealkylation sites (N-methyl/N-ethyl adjacent to an activating group) is 1. The summed E-state index contributed by atoms with van der Waals surface area (Å²) in [5.74, 6) is -0.601. The summed E-state index contributed by atoms with van der Waals surface area (Å²) in [4.78, 5) is 30.1. The van der Waals surface area contributed by atoms with Crippen LogP contribution in [0.2, 0.25) is 5.02 Å². The number of aromatic nitrogens is 1. The Balaban J connectivity index is 1.64. The number of pyridine rings is 1. The first kappa shape index (κ1) is 18.6. The standard InChI is InChI=1S/C21H18ClN3O2/c1-25(14-19(26)24-18-10-3-2-9-17(18)22)20(27)12-11-16-7-4-6-15-8-5-13-23-21(15)16/h2-13H,14H2,1H3,(H,24,26). The molecule has 0 aliphatic rings. The summed E-state index contributed by atoms with van der Waals surface area (Å²) in [6.45, 7) is -0.0812. The number of nitrogens with zero attached hydrogens (tertiary/aromatic N) is 2. The molecule has 1 N–H and O–H groups in total. The van der Waals surface area contributed by atoms with E-state index in [4.69, 9.17) is 11.6 Å². The van der Waals surface area contributed by atoms with Crippen LogP contribution in [0, 0.1) is 0 Å². The van der Waals surface area contributed by atoms with Gasteiger partial charge in [0.15, 0.2) is 0 Å². The minimum atomic E-state index is -0.320. The first-order valence-corrected chi connectivity index (χ1v) is 8.73. The maximum Gasteiger partial charge on any atom is 0.246 e. The number of para-hydroxylation sites is 2. The highest BCUT2D eigenvalue weighted by atomic mass is 35.5. The van der Waals surface area contributed by atoms with Gasteiger partial charge in [0.05, 0.1) is 22.8 Å². The molecule has 0 spiro atoms. The Morgan fingerprint density at radius 3 is 2.70 bits per heavy atom. The molecule has 2 aromatic carbocycles. The normalized spacial score (nSPS) is 10.9. The van der Waals surface area contributed by atoms with E-state index >= 15 is 0 Å². The van der Waals surface area contributed by atoms with Gasteiger partial charge in [-0.05, 0) is 24.3 Å². The van der Waals surface area contributed by atoms with Crippen molar-refractivity contribution >= 4 is 46.1 Å². The van der Waals surface area contributed by atoms with Crippen LogP contribution >= 0.6 is 11.6 Å². The topological polar surface area (TPSA) is 62.3 Å². The number of benzene rings is 2. The van der Waals surface area contributed by atoms with Crippen molar-refractivity contribution in [3.63, 3.8) is 0 Å². The van der Waals surface area contributed by atoms with Crippen LogP contribution < -0.4 is 5.32 Å². The van der Waals surface area contributed by atoms with Crippen molar-refractivity contribution < 1.29 is 9.59 Å². The number of anilines is 1. The molecule has 136 valence electrons. The predicted molar refractivity (Wildman–Crippen MR) is 108 cm³/mol. The highest BCUT2D eigenvalue weighted by Crippen LogP contribution is 2.20. The van der Waals surface area contributed by atoms with Gasteiger partial charge < -0.3 is 10.2 Å². The van der Waals surface area contributed by atoms with Gasteiger partial charge in [-0.3, -0.25) is 14.6 Å². The molecule has 0 saturated carbocycles. The number of hydrogen-bond acceptors (Lipinski definition) is 3. The van der Waals surface area contributed by atoms with Crippen molar-refractivity contribution in [3.05, 3.63) is 77.5 Å². The summed E-state index contributed by atoms with van der Waals surface area (Å²) < 4.78 is 0. The van der Waals surface area contributed by atoms with Crippen molar-refractivity contribution in [1.82, 2.24) is 9.88 Å². The Labute approximate surface area is 162 Å². The zero-order chi connectivity index (χ0) is 19.2. The molecule has 3 rings (SSSR count). The summed E-state index contributed by atoms with van der Waals surface area (Å²) in [6, 6.07) is 16.5. The lowest BCUT2D eigenvalue weighted by molar-refractivity contribution is -0.129. The molecule has 5 nitrogen and oxygen atoms in total. The van der Waals surface area contributed by atoms with Gasteiger partial charge in [-0.1, -0.05) is 48.0 Å². The number of carbonyl (C=O) groups excluding carboxylic acids is 2. The second-order valence-electron chi connectivity index (χ2n) is 5.98. The smallest absolute Gasteiger partial charge is 0.246 e. The quantitative estimate of drug-likeness (QED) is 0.681. The van der Waals surface area contributed by atoms with Crippen molar-refractivity contribution in [3.8, 4) is 0 Å². The summed E-state index contributed by atoms with van der Waals surface area (Å²) in [7, 11) is 1.57. The second-order valence-corrected chi connectivity index (χ2v) is 6.39. The molecule has 0 radical (unpaired) electrons. The average Bonchev–Trinajstić information content (AvgIpc) is 2.67. The number of carbonyl (C=O) groups is 2. The van der Waals surface area contributed by atoms with Crippen LogP contribution in [0.1, 0.15) is 5.56 Å². The Morgan fingerprint density at radius 1 is 1.11 bits per heavy atom. The summed E-state index contributed by atoms with van der Waals surface area (Å²) in [6.07, 6.45) is 4.86. The molecule has 0 saturated heterocycles. The summed E-state index contributed by atoms with van der Waals surface area (Å²) in [5, 5.41) is 4.14. The minimum Gasteiger partial charge on any atom is -0.333 e. The van der Waals surface area contributed by atoms with Gasteiger partial charge in [0.25, 0.3) is 0 Å². The monoisotopic (exact) mass is 379 g/mol. The molecule has 27 heavy (non-hydrogen) atoms. The van der Waals surface area contributed by atoms with E-state index < -0.39 is 0 Å². The van der Waals surface area contributed by atoms with Gasteiger partial charge in [0, 0.05) is 30.3 Å². The molecule has 0 aliphatic carbocycles. The van der Waals surface area contributed by atoms with Gasteiger partial charge >= 0.3 is 0 Å². The highest BCUT2D eigenvalue weighted by molar-refractivity contribution is 6.33. The maximum atomic E-state index is 12.3. The Bertz CT molecular complexity index is 1010. The van der Waals surface area contributed by atoms with Gasteiger partial charge in [-0.2, -0.15) is 0 Å². The van der Waals surface area contributed by atoms with Crippen molar-refractivity contribution in [1.29, 1.82) is 0 Å². The summed E-state index contributed by atoms with van der Waals surface area (Å²) >= 11 is 6.02. The van der Waals surface area contributed by atoms with E-state index in [0.717, 1.165) is 16.5 Å². The van der Waals surface area contributed by atoms with E-state index in [-0.39, 0.29) is 18.4 Å². The SMILES string of the molecule is CN(CC(=O)Nc1ccccc1Cl)C(=O)C=Cc1cccc2cccnc12. The van der Waals surface area contributed by atoms with Gasteiger partial charge in [-0.25, -0.2) is 0 Å². The van der Waals surface area contributed by atoms with Gasteiger partial charge in [-0.15, -0.1) is 0 Å². The molecular weight excluding hydrogens is 362 g/mol. The fourth-order valence-corrected chi connectivity index (χ4v) is 2.78. The molecule has 1 aromatic heterocycles. The van der Waals surface area contributed by atoms with E-state index in [9.17, 15) is 9.59 Å². The average molecular weight is 380 g/mol. The van der Waals surface area contributed by atoms with Gasteiger partial charge in [0.2, 0.25) is 11.8 Å². The predicted octanol–water partition coefficient (Wildman–Crippen LogP) is 4.00. The van der Waals surface area contributed by atoms with Crippen LogP contribution in [0.25, 0.3) is 17.0 Å². The fraction of sp³-hybridized carbons (Fsp3) is 0.0952. The van der Waals surface area contributed by atoms with E-state index in [0.29, 0.717) is 10.7 Å². The zero-order valence-electron chi connectivity index (χ0n) is 14.7. The number of amides is 2. The number of hydrogen-bond donors (Lipinski definition) is 1. The molecule has 3 aromatic rings. The van der Waals surface area contributed by atoms with Crippen LogP contribution in [-0.4, -0.2) is 35.3 Å². The molecule has 0 bridgehead atoms. The lowest BCUT2D eigenvalue weighted by Crippen LogP contribution is -2.33. The number of nitrogens with one attached hydrogen (secondary N) is 1. The largest absolute Gasteiger partial charge is 0.333 e. The van der Waals surface area contributed by atoms with E-state index in [1.807, 2.05) is 30.3 Å². The highest BCUT2D eigenvalue weighted by Gasteiger charge is 2.12. The number of rotatable bonds is 5. The lowest BCUT2D eigenvalue weighted by atomic mass is 10.1. The molecular formula is C21H18ClN3O2. The van der Waals surface area contributed by atoms with Crippen molar-refractivity contribution in [2.24, 2.45) is 0 Å². The van der Waals surface area contributed by atoms with Crippen LogP contribution in [0.15, 0.2) is 66.9 Å². The van der Waals surface area contributed by atoms with Crippen LogP contribution in [0.5, 0.6) is 0 Å². The second kappa shape index (κ2) is 8.47.